The van der Waals surface area contributed by atoms with Crippen molar-refractivity contribution in [3.63, 3.8) is 0 Å². The van der Waals surface area contributed by atoms with Gasteiger partial charge < -0.3 is 5.73 Å². The van der Waals surface area contributed by atoms with Crippen LogP contribution in [-0.4, -0.2) is 13.4 Å². The van der Waals surface area contributed by atoms with Crippen molar-refractivity contribution in [2.45, 2.75) is 17.7 Å². The SMILES string of the molecule is Nc1ncc(CCc2ccc(S(N)(=O)=O)cc2)cc1Br. The zero-order valence-corrected chi connectivity index (χ0v) is 13.0. The molecule has 0 spiro atoms. The van der Waals surface area contributed by atoms with Gasteiger partial charge in [-0.15, -0.1) is 0 Å². The lowest BCUT2D eigenvalue weighted by molar-refractivity contribution is 0.598. The van der Waals surface area contributed by atoms with E-state index in [0.717, 1.165) is 28.4 Å². The quantitative estimate of drug-likeness (QED) is 0.873. The number of aryl methyl sites for hydroxylation is 2. The maximum atomic E-state index is 11.1. The predicted octanol–water partition coefficient (Wildman–Crippen LogP) is 1.86. The predicted molar refractivity (Wildman–Crippen MR) is 81.6 cm³/mol. The van der Waals surface area contributed by atoms with Crippen LogP contribution in [0.4, 0.5) is 5.82 Å². The Morgan fingerprint density at radius 1 is 1.10 bits per heavy atom. The van der Waals surface area contributed by atoms with Crippen molar-refractivity contribution in [3.05, 3.63) is 52.1 Å². The lowest BCUT2D eigenvalue weighted by Crippen LogP contribution is -2.11. The fourth-order valence-electron chi connectivity index (χ4n) is 1.76. The van der Waals surface area contributed by atoms with Crippen LogP contribution < -0.4 is 10.9 Å². The number of benzene rings is 1. The topological polar surface area (TPSA) is 99.1 Å². The zero-order chi connectivity index (χ0) is 14.8. The molecule has 7 heteroatoms. The summed E-state index contributed by atoms with van der Waals surface area (Å²) in [6, 6.07) is 8.49. The van der Waals surface area contributed by atoms with Gasteiger partial charge in [-0.2, -0.15) is 0 Å². The van der Waals surface area contributed by atoms with Gasteiger partial charge in [-0.1, -0.05) is 12.1 Å². The molecule has 0 radical (unpaired) electrons. The molecular formula is C13H14BrN3O2S. The van der Waals surface area contributed by atoms with Crippen LogP contribution in [0.15, 0.2) is 45.9 Å². The van der Waals surface area contributed by atoms with Crippen molar-refractivity contribution in [1.82, 2.24) is 4.98 Å². The molecule has 20 heavy (non-hydrogen) atoms. The molecule has 0 aliphatic carbocycles. The van der Waals surface area contributed by atoms with E-state index in [1.54, 1.807) is 18.3 Å². The second-order valence-corrected chi connectivity index (χ2v) is 6.82. The van der Waals surface area contributed by atoms with Gasteiger partial charge in [-0.05, 0) is 58.1 Å². The van der Waals surface area contributed by atoms with E-state index in [2.05, 4.69) is 20.9 Å². The standard InChI is InChI=1S/C13H14BrN3O2S/c14-12-7-10(8-17-13(12)15)2-1-9-3-5-11(6-4-9)20(16,18)19/h3-8H,1-2H2,(H2,15,17)(H2,16,18,19). The highest BCUT2D eigenvalue weighted by atomic mass is 79.9. The van der Waals surface area contributed by atoms with Gasteiger partial charge in [0.05, 0.1) is 9.37 Å². The molecule has 1 aromatic heterocycles. The molecule has 0 aliphatic heterocycles. The van der Waals surface area contributed by atoms with Crippen LogP contribution in [-0.2, 0) is 22.9 Å². The van der Waals surface area contributed by atoms with Crippen LogP contribution in [0.25, 0.3) is 0 Å². The van der Waals surface area contributed by atoms with Gasteiger partial charge in [0.2, 0.25) is 10.0 Å². The van der Waals surface area contributed by atoms with Crippen LogP contribution in [0.1, 0.15) is 11.1 Å². The Balaban J connectivity index is 2.06. The Kier molecular flexibility index (Phi) is 4.42. The first-order valence-corrected chi connectivity index (χ1v) is 8.22. The number of pyridine rings is 1. The smallest absolute Gasteiger partial charge is 0.238 e. The normalized spacial score (nSPS) is 11.5. The molecule has 0 saturated heterocycles. The Hall–Kier alpha value is -1.44. The molecule has 0 fully saturated rings. The number of sulfonamides is 1. The summed E-state index contributed by atoms with van der Waals surface area (Å²) in [5, 5.41) is 5.05. The Bertz CT molecular complexity index is 715. The van der Waals surface area contributed by atoms with Crippen LogP contribution in [0.3, 0.4) is 0 Å². The number of aromatic nitrogens is 1. The fraction of sp³-hybridized carbons (Fsp3) is 0.154. The largest absolute Gasteiger partial charge is 0.383 e. The minimum atomic E-state index is -3.63. The van der Waals surface area contributed by atoms with Crippen LogP contribution in [0.5, 0.6) is 0 Å². The van der Waals surface area contributed by atoms with E-state index in [4.69, 9.17) is 10.9 Å². The van der Waals surface area contributed by atoms with E-state index in [0.29, 0.717) is 5.82 Å². The number of halogens is 1. The molecule has 0 aliphatic rings. The lowest BCUT2D eigenvalue weighted by Gasteiger charge is -2.05. The molecule has 2 aromatic rings. The van der Waals surface area contributed by atoms with Crippen molar-refractivity contribution in [3.8, 4) is 0 Å². The molecule has 2 rings (SSSR count). The van der Waals surface area contributed by atoms with Crippen molar-refractivity contribution in [1.29, 1.82) is 0 Å². The highest BCUT2D eigenvalue weighted by Crippen LogP contribution is 2.19. The van der Waals surface area contributed by atoms with E-state index in [1.807, 2.05) is 6.07 Å². The van der Waals surface area contributed by atoms with E-state index >= 15 is 0 Å². The first-order valence-electron chi connectivity index (χ1n) is 5.88. The average molecular weight is 356 g/mol. The molecule has 0 unspecified atom stereocenters. The van der Waals surface area contributed by atoms with Crippen LogP contribution in [0.2, 0.25) is 0 Å². The molecule has 0 saturated carbocycles. The summed E-state index contributed by atoms with van der Waals surface area (Å²) in [5.41, 5.74) is 7.72. The van der Waals surface area contributed by atoms with Gasteiger partial charge in [0.15, 0.2) is 0 Å². The average Bonchev–Trinajstić information content (AvgIpc) is 2.40. The molecule has 0 amide bonds. The summed E-state index contributed by atoms with van der Waals surface area (Å²) in [7, 11) is -3.63. The van der Waals surface area contributed by atoms with Gasteiger partial charge in [-0.3, -0.25) is 0 Å². The summed E-state index contributed by atoms with van der Waals surface area (Å²) in [5.74, 6) is 0.464. The van der Waals surface area contributed by atoms with Gasteiger partial charge in [-0.25, -0.2) is 18.5 Å². The summed E-state index contributed by atoms with van der Waals surface area (Å²) in [4.78, 5) is 4.20. The third kappa shape index (κ3) is 3.78. The molecule has 5 nitrogen and oxygen atoms in total. The van der Waals surface area contributed by atoms with Gasteiger partial charge in [0, 0.05) is 6.20 Å². The van der Waals surface area contributed by atoms with Crippen LogP contribution in [0, 0.1) is 0 Å². The number of nitrogens with two attached hydrogens (primary N) is 2. The molecular weight excluding hydrogens is 342 g/mol. The first kappa shape index (κ1) is 15.0. The monoisotopic (exact) mass is 355 g/mol. The second-order valence-electron chi connectivity index (χ2n) is 4.40. The highest BCUT2D eigenvalue weighted by Gasteiger charge is 2.07. The minimum absolute atomic E-state index is 0.123. The lowest BCUT2D eigenvalue weighted by atomic mass is 10.1. The summed E-state index contributed by atoms with van der Waals surface area (Å²) < 4.78 is 23.1. The first-order chi connectivity index (χ1) is 9.36. The Morgan fingerprint density at radius 2 is 1.70 bits per heavy atom. The third-order valence-electron chi connectivity index (χ3n) is 2.88. The van der Waals surface area contributed by atoms with Crippen LogP contribution >= 0.6 is 15.9 Å². The number of primary sulfonamides is 1. The van der Waals surface area contributed by atoms with Gasteiger partial charge in [0.1, 0.15) is 5.82 Å². The van der Waals surface area contributed by atoms with Crippen molar-refractivity contribution in [2.24, 2.45) is 5.14 Å². The third-order valence-corrected chi connectivity index (χ3v) is 4.44. The van der Waals surface area contributed by atoms with Gasteiger partial charge in [0.25, 0.3) is 0 Å². The summed E-state index contributed by atoms with van der Waals surface area (Å²) >= 11 is 3.34. The number of hydrogen-bond donors (Lipinski definition) is 2. The van der Waals surface area contributed by atoms with E-state index in [-0.39, 0.29) is 4.90 Å². The number of anilines is 1. The maximum absolute atomic E-state index is 11.1. The molecule has 106 valence electrons. The second kappa shape index (κ2) is 5.90. The molecule has 4 N–H and O–H groups in total. The maximum Gasteiger partial charge on any atom is 0.238 e. The number of rotatable bonds is 4. The van der Waals surface area contributed by atoms with E-state index in [9.17, 15) is 8.42 Å². The summed E-state index contributed by atoms with van der Waals surface area (Å²) in [6.07, 6.45) is 3.31. The molecule has 1 heterocycles. The minimum Gasteiger partial charge on any atom is -0.383 e. The number of hydrogen-bond acceptors (Lipinski definition) is 4. The molecule has 0 atom stereocenters. The Labute approximate surface area is 126 Å². The van der Waals surface area contributed by atoms with E-state index < -0.39 is 10.0 Å². The zero-order valence-electron chi connectivity index (χ0n) is 10.6. The molecule has 1 aromatic carbocycles. The van der Waals surface area contributed by atoms with Crippen molar-refractivity contribution < 1.29 is 8.42 Å². The molecule has 0 bridgehead atoms. The highest BCUT2D eigenvalue weighted by molar-refractivity contribution is 9.10. The van der Waals surface area contributed by atoms with Crippen molar-refractivity contribution in [2.75, 3.05) is 5.73 Å². The summed E-state index contributed by atoms with van der Waals surface area (Å²) in [6.45, 7) is 0. The number of nitrogen functional groups attached to an aromatic ring is 1. The van der Waals surface area contributed by atoms with E-state index in [1.165, 1.54) is 12.1 Å². The fourth-order valence-corrected chi connectivity index (χ4v) is 2.67. The Morgan fingerprint density at radius 3 is 2.25 bits per heavy atom. The van der Waals surface area contributed by atoms with Gasteiger partial charge >= 0.3 is 0 Å². The number of nitrogens with zero attached hydrogens (tertiary/aromatic N) is 1. The van der Waals surface area contributed by atoms with Crippen molar-refractivity contribution >= 4 is 31.8 Å².